The molecule has 1 amide bonds. The second-order valence-corrected chi connectivity index (χ2v) is 8.94. The lowest BCUT2D eigenvalue weighted by Gasteiger charge is -2.24. The van der Waals surface area contributed by atoms with E-state index < -0.39 is 0 Å². The number of carbonyl (C=O) groups excluding carboxylic acids is 1. The molecule has 1 heterocycles. The molecule has 4 rings (SSSR count). The monoisotopic (exact) mass is 459 g/mol. The summed E-state index contributed by atoms with van der Waals surface area (Å²) >= 11 is 0. The molecule has 0 atom stereocenters. The number of carbonyl (C=O) groups is 1. The highest BCUT2D eigenvalue weighted by Crippen LogP contribution is 2.27. The molecule has 5 heteroatoms. The van der Waals surface area contributed by atoms with E-state index in [0.717, 1.165) is 17.7 Å². The molecule has 34 heavy (non-hydrogen) atoms. The number of benzene rings is 3. The molecule has 3 aromatic carbocycles. The molecular weight excluding hydrogens is 426 g/mol. The fraction of sp³-hybridized carbons (Fsp3) is 0.345. The number of nitrogens with zero attached hydrogens (tertiary/aromatic N) is 1. The molecule has 178 valence electrons. The Morgan fingerprint density at radius 2 is 1.76 bits per heavy atom. The second kappa shape index (κ2) is 11.2. The Balaban J connectivity index is 1.63. The van der Waals surface area contributed by atoms with Crippen molar-refractivity contribution in [3.8, 4) is 11.5 Å². The van der Waals surface area contributed by atoms with Gasteiger partial charge in [0.2, 0.25) is 0 Å². The minimum Gasteiger partial charge on any atom is -0.497 e. The SMILES string of the molecule is COc1cccc(C(=O)N2CCOCCOc3ccc(C(C)C)cc3Cc3cccc(c3)C2)c1. The van der Waals surface area contributed by atoms with Crippen LogP contribution in [0.3, 0.4) is 0 Å². The summed E-state index contributed by atoms with van der Waals surface area (Å²) in [6, 6.07) is 22.2. The van der Waals surface area contributed by atoms with Gasteiger partial charge < -0.3 is 19.1 Å². The quantitative estimate of drug-likeness (QED) is 0.522. The summed E-state index contributed by atoms with van der Waals surface area (Å²) < 4.78 is 17.2. The molecule has 1 aliphatic heterocycles. The molecule has 0 aliphatic carbocycles. The van der Waals surface area contributed by atoms with Crippen LogP contribution in [-0.4, -0.2) is 44.3 Å². The lowest BCUT2D eigenvalue weighted by molar-refractivity contribution is 0.0571. The van der Waals surface area contributed by atoms with E-state index in [1.807, 2.05) is 23.1 Å². The summed E-state index contributed by atoms with van der Waals surface area (Å²) in [6.07, 6.45) is 0.772. The third-order valence-electron chi connectivity index (χ3n) is 6.11. The third kappa shape index (κ3) is 5.97. The smallest absolute Gasteiger partial charge is 0.254 e. The van der Waals surface area contributed by atoms with E-state index in [-0.39, 0.29) is 5.91 Å². The molecule has 0 spiro atoms. The van der Waals surface area contributed by atoms with Crippen molar-refractivity contribution in [1.29, 1.82) is 0 Å². The maximum atomic E-state index is 13.4. The zero-order valence-corrected chi connectivity index (χ0v) is 20.3. The first-order valence-electron chi connectivity index (χ1n) is 11.9. The number of methoxy groups -OCH3 is 1. The van der Waals surface area contributed by atoms with Gasteiger partial charge in [-0.1, -0.05) is 56.3 Å². The Morgan fingerprint density at radius 3 is 2.59 bits per heavy atom. The van der Waals surface area contributed by atoms with Crippen molar-refractivity contribution in [3.63, 3.8) is 0 Å². The molecule has 0 N–H and O–H groups in total. The minimum atomic E-state index is -0.0387. The fourth-order valence-electron chi connectivity index (χ4n) is 4.19. The molecular formula is C29H33NO4. The number of rotatable bonds is 3. The van der Waals surface area contributed by atoms with E-state index >= 15 is 0 Å². The van der Waals surface area contributed by atoms with E-state index in [4.69, 9.17) is 14.2 Å². The molecule has 5 nitrogen and oxygen atoms in total. The standard InChI is InChI=1S/C29H33NO4/c1-21(2)24-10-11-28-26(18-24)17-22-6-4-7-23(16-22)20-30(12-13-33-14-15-34-28)29(31)25-8-5-9-27(19-25)32-3/h4-11,16,18-19,21H,12-15,17,20H2,1-3H3. The van der Waals surface area contributed by atoms with Gasteiger partial charge in [0.25, 0.3) is 5.91 Å². The molecule has 1 aliphatic rings. The summed E-state index contributed by atoms with van der Waals surface area (Å²) in [7, 11) is 1.61. The van der Waals surface area contributed by atoms with Crippen molar-refractivity contribution in [1.82, 2.24) is 4.90 Å². The van der Waals surface area contributed by atoms with Crippen LogP contribution in [0.15, 0.2) is 66.7 Å². The lowest BCUT2D eigenvalue weighted by Crippen LogP contribution is -2.34. The van der Waals surface area contributed by atoms with E-state index in [1.54, 1.807) is 13.2 Å². The average Bonchev–Trinajstić information content (AvgIpc) is 2.85. The highest BCUT2D eigenvalue weighted by Gasteiger charge is 2.18. The van der Waals surface area contributed by atoms with Crippen LogP contribution in [0.1, 0.15) is 52.4 Å². The van der Waals surface area contributed by atoms with Crippen LogP contribution in [0.2, 0.25) is 0 Å². The molecule has 0 fully saturated rings. The summed E-state index contributed by atoms with van der Waals surface area (Å²) in [5, 5.41) is 0. The normalized spacial score (nSPS) is 14.6. The van der Waals surface area contributed by atoms with Crippen LogP contribution in [0.4, 0.5) is 0 Å². The summed E-state index contributed by atoms with van der Waals surface area (Å²) in [6.45, 7) is 6.80. The van der Waals surface area contributed by atoms with Crippen LogP contribution >= 0.6 is 0 Å². The summed E-state index contributed by atoms with van der Waals surface area (Å²) in [5.41, 5.74) is 5.37. The van der Waals surface area contributed by atoms with Crippen LogP contribution < -0.4 is 9.47 Å². The maximum Gasteiger partial charge on any atom is 0.254 e. The van der Waals surface area contributed by atoms with E-state index in [1.165, 1.54) is 16.7 Å². The van der Waals surface area contributed by atoms with E-state index in [2.05, 4.69) is 56.3 Å². The Labute approximate surface area is 202 Å². The van der Waals surface area contributed by atoms with Crippen molar-refractivity contribution in [2.45, 2.75) is 32.7 Å². The molecule has 0 unspecified atom stereocenters. The van der Waals surface area contributed by atoms with E-state index in [0.29, 0.717) is 50.1 Å². The molecule has 0 aromatic heterocycles. The maximum absolute atomic E-state index is 13.4. The number of amides is 1. The van der Waals surface area contributed by atoms with Crippen molar-refractivity contribution < 1.29 is 19.0 Å². The van der Waals surface area contributed by atoms with Gasteiger partial charge in [-0.2, -0.15) is 0 Å². The predicted octanol–water partition coefficient (Wildman–Crippen LogP) is 5.46. The highest BCUT2D eigenvalue weighted by molar-refractivity contribution is 5.94. The van der Waals surface area contributed by atoms with Crippen LogP contribution in [-0.2, 0) is 17.7 Å². The number of hydrogen-bond acceptors (Lipinski definition) is 4. The van der Waals surface area contributed by atoms with Crippen molar-refractivity contribution in [3.05, 3.63) is 94.5 Å². The first-order chi connectivity index (χ1) is 16.5. The Bertz CT molecular complexity index is 1120. The topological polar surface area (TPSA) is 48.0 Å². The van der Waals surface area contributed by atoms with Crippen LogP contribution in [0.5, 0.6) is 11.5 Å². The predicted molar refractivity (Wildman–Crippen MR) is 134 cm³/mol. The van der Waals surface area contributed by atoms with Crippen LogP contribution in [0, 0.1) is 0 Å². The lowest BCUT2D eigenvalue weighted by atomic mass is 9.96. The Kier molecular flexibility index (Phi) is 7.86. The Hall–Kier alpha value is -3.31. The molecule has 0 saturated carbocycles. The third-order valence-corrected chi connectivity index (χ3v) is 6.11. The average molecular weight is 460 g/mol. The van der Waals surface area contributed by atoms with E-state index in [9.17, 15) is 4.79 Å². The van der Waals surface area contributed by atoms with Gasteiger partial charge in [0.15, 0.2) is 0 Å². The first kappa shape index (κ1) is 23.8. The number of ether oxygens (including phenoxy) is 3. The van der Waals surface area contributed by atoms with Crippen molar-refractivity contribution >= 4 is 5.91 Å². The Morgan fingerprint density at radius 1 is 0.941 bits per heavy atom. The van der Waals surface area contributed by atoms with Gasteiger partial charge in [0, 0.05) is 25.1 Å². The van der Waals surface area contributed by atoms with Crippen molar-refractivity contribution in [2.75, 3.05) is 33.5 Å². The number of fused-ring (bicyclic) bond motifs is 3. The number of hydrogen-bond donors (Lipinski definition) is 0. The largest absolute Gasteiger partial charge is 0.497 e. The van der Waals surface area contributed by atoms with Gasteiger partial charge in [-0.3, -0.25) is 4.79 Å². The molecule has 2 bridgehead atoms. The van der Waals surface area contributed by atoms with Crippen LogP contribution in [0.25, 0.3) is 0 Å². The van der Waals surface area contributed by atoms with Gasteiger partial charge >= 0.3 is 0 Å². The molecule has 3 aromatic rings. The zero-order chi connectivity index (χ0) is 23.9. The summed E-state index contributed by atoms with van der Waals surface area (Å²) in [5.74, 6) is 1.99. The summed E-state index contributed by atoms with van der Waals surface area (Å²) in [4.78, 5) is 15.2. The zero-order valence-electron chi connectivity index (χ0n) is 20.3. The van der Waals surface area contributed by atoms with Crippen molar-refractivity contribution in [2.24, 2.45) is 0 Å². The molecule has 0 saturated heterocycles. The fourth-order valence-corrected chi connectivity index (χ4v) is 4.19. The molecule has 0 radical (unpaired) electrons. The highest BCUT2D eigenvalue weighted by atomic mass is 16.5. The van der Waals surface area contributed by atoms with Gasteiger partial charge in [-0.25, -0.2) is 0 Å². The van der Waals surface area contributed by atoms with Gasteiger partial charge in [0.05, 0.1) is 20.3 Å². The van der Waals surface area contributed by atoms with Gasteiger partial charge in [-0.15, -0.1) is 0 Å². The minimum absolute atomic E-state index is 0.0387. The second-order valence-electron chi connectivity index (χ2n) is 8.94. The first-order valence-corrected chi connectivity index (χ1v) is 11.9. The van der Waals surface area contributed by atoms with Gasteiger partial charge in [0.1, 0.15) is 18.1 Å². The van der Waals surface area contributed by atoms with Gasteiger partial charge in [-0.05, 0) is 52.4 Å².